The van der Waals surface area contributed by atoms with Crippen LogP contribution in [-0.4, -0.2) is 58.7 Å². The number of esters is 1. The topological polar surface area (TPSA) is 132 Å². The Labute approximate surface area is 166 Å². The molecule has 4 rings (SSSR count). The van der Waals surface area contributed by atoms with E-state index in [2.05, 4.69) is 15.2 Å². The van der Waals surface area contributed by atoms with Gasteiger partial charge in [0.25, 0.3) is 5.89 Å². The highest BCUT2D eigenvalue weighted by Gasteiger charge is 2.37. The molecule has 1 aromatic carbocycles. The van der Waals surface area contributed by atoms with E-state index < -0.39 is 21.8 Å². The van der Waals surface area contributed by atoms with Crippen molar-refractivity contribution < 1.29 is 27.3 Å². The SMILES string of the molecule is O=C(OCc1nc(-c2ccccc2)no1)C1=NN([C@H]2CCS(=O)(=O)C2)C(=O)CC1. The summed E-state index contributed by atoms with van der Waals surface area (Å²) >= 11 is 0. The average Bonchev–Trinajstić information content (AvgIpc) is 3.33. The number of hydrogen-bond donors (Lipinski definition) is 0. The number of hydrogen-bond acceptors (Lipinski definition) is 9. The molecule has 0 unspecified atom stereocenters. The molecule has 3 heterocycles. The first-order valence-electron chi connectivity index (χ1n) is 9.06. The Balaban J connectivity index is 1.40. The standard InChI is InChI=1S/C18H18N4O6S/c23-16-7-6-14(20-22(16)13-8-9-29(25,26)11-13)18(24)27-10-15-19-17(21-28-15)12-4-2-1-3-5-12/h1-5,13H,6-11H2/t13-/m0/s1. The van der Waals surface area contributed by atoms with Gasteiger partial charge in [0.05, 0.1) is 17.5 Å². The van der Waals surface area contributed by atoms with Crippen LogP contribution >= 0.6 is 0 Å². The fraction of sp³-hybridized carbons (Fsp3) is 0.389. The molecule has 1 aromatic heterocycles. The van der Waals surface area contributed by atoms with Crippen LogP contribution in [0, 0.1) is 0 Å². The Morgan fingerprint density at radius 1 is 1.24 bits per heavy atom. The molecule has 2 aliphatic rings. The molecule has 152 valence electrons. The Hall–Kier alpha value is -3.08. The minimum Gasteiger partial charge on any atom is -0.451 e. The summed E-state index contributed by atoms with van der Waals surface area (Å²) in [6.07, 6.45) is 0.514. The quantitative estimate of drug-likeness (QED) is 0.656. The van der Waals surface area contributed by atoms with Crippen molar-refractivity contribution in [3.05, 3.63) is 36.2 Å². The Morgan fingerprint density at radius 3 is 2.76 bits per heavy atom. The summed E-state index contributed by atoms with van der Waals surface area (Å²) in [5, 5.41) is 9.03. The number of benzene rings is 1. The van der Waals surface area contributed by atoms with E-state index in [9.17, 15) is 18.0 Å². The number of sulfone groups is 1. The number of rotatable bonds is 5. The van der Waals surface area contributed by atoms with Gasteiger partial charge >= 0.3 is 5.97 Å². The molecule has 29 heavy (non-hydrogen) atoms. The maximum absolute atomic E-state index is 12.3. The van der Waals surface area contributed by atoms with Crippen molar-refractivity contribution in [2.24, 2.45) is 5.10 Å². The zero-order chi connectivity index (χ0) is 20.4. The molecule has 2 aromatic rings. The zero-order valence-electron chi connectivity index (χ0n) is 15.4. The number of carbonyl (C=O) groups is 2. The lowest BCUT2D eigenvalue weighted by Gasteiger charge is -2.27. The second-order valence-corrected chi connectivity index (χ2v) is 9.02. The minimum atomic E-state index is -3.18. The van der Waals surface area contributed by atoms with Gasteiger partial charge in [-0.3, -0.25) is 4.79 Å². The summed E-state index contributed by atoms with van der Waals surface area (Å²) in [6, 6.07) is 8.66. The Kier molecular flexibility index (Phi) is 5.14. The van der Waals surface area contributed by atoms with Gasteiger partial charge in [-0.25, -0.2) is 18.2 Å². The first-order chi connectivity index (χ1) is 13.9. The zero-order valence-corrected chi connectivity index (χ0v) is 16.2. The summed E-state index contributed by atoms with van der Waals surface area (Å²) in [5.74, 6) is -0.628. The lowest BCUT2D eigenvalue weighted by Crippen LogP contribution is -2.42. The summed E-state index contributed by atoms with van der Waals surface area (Å²) < 4.78 is 33.6. The van der Waals surface area contributed by atoms with Gasteiger partial charge in [0.15, 0.2) is 16.4 Å². The molecule has 1 amide bonds. The Morgan fingerprint density at radius 2 is 2.03 bits per heavy atom. The number of nitrogens with zero attached hydrogens (tertiary/aromatic N) is 4. The van der Waals surface area contributed by atoms with Crippen LogP contribution in [0.15, 0.2) is 40.0 Å². The van der Waals surface area contributed by atoms with Gasteiger partial charge in [-0.1, -0.05) is 35.5 Å². The van der Waals surface area contributed by atoms with Crippen LogP contribution in [0.3, 0.4) is 0 Å². The molecule has 1 fully saturated rings. The molecule has 2 aliphatic heterocycles. The first kappa shape index (κ1) is 19.2. The summed E-state index contributed by atoms with van der Waals surface area (Å²) in [4.78, 5) is 28.6. The Bertz CT molecular complexity index is 1060. The predicted octanol–water partition coefficient (Wildman–Crippen LogP) is 0.945. The molecule has 1 saturated heterocycles. The van der Waals surface area contributed by atoms with Crippen LogP contribution in [0.2, 0.25) is 0 Å². The number of ether oxygens (including phenoxy) is 1. The monoisotopic (exact) mass is 418 g/mol. The van der Waals surface area contributed by atoms with Crippen molar-refractivity contribution in [1.29, 1.82) is 0 Å². The van der Waals surface area contributed by atoms with Crippen LogP contribution in [0.25, 0.3) is 11.4 Å². The van der Waals surface area contributed by atoms with E-state index in [1.807, 2.05) is 30.3 Å². The van der Waals surface area contributed by atoms with Gasteiger partial charge in [-0.2, -0.15) is 10.1 Å². The molecule has 0 aliphatic carbocycles. The number of amides is 1. The van der Waals surface area contributed by atoms with Gasteiger partial charge < -0.3 is 9.26 Å². The van der Waals surface area contributed by atoms with E-state index in [-0.39, 0.29) is 48.5 Å². The summed E-state index contributed by atoms with van der Waals surface area (Å²) in [6.45, 7) is -0.233. The van der Waals surface area contributed by atoms with Gasteiger partial charge in [0, 0.05) is 18.4 Å². The molecule has 0 bridgehead atoms. The van der Waals surface area contributed by atoms with E-state index in [4.69, 9.17) is 9.26 Å². The molecule has 11 heteroatoms. The highest BCUT2D eigenvalue weighted by molar-refractivity contribution is 7.91. The fourth-order valence-corrected chi connectivity index (χ4v) is 4.89. The van der Waals surface area contributed by atoms with Crippen molar-refractivity contribution in [2.75, 3.05) is 11.5 Å². The molecular formula is C18H18N4O6S. The van der Waals surface area contributed by atoms with Gasteiger partial charge in [-0.05, 0) is 6.42 Å². The third-order valence-corrected chi connectivity index (χ3v) is 6.43. The second kappa shape index (κ2) is 7.74. The number of carbonyl (C=O) groups excluding carboxylic acids is 2. The van der Waals surface area contributed by atoms with Crippen LogP contribution < -0.4 is 0 Å². The molecule has 0 N–H and O–H groups in total. The van der Waals surface area contributed by atoms with E-state index in [0.717, 1.165) is 10.6 Å². The summed E-state index contributed by atoms with van der Waals surface area (Å²) in [5.41, 5.74) is 0.836. The van der Waals surface area contributed by atoms with Crippen LogP contribution in [0.1, 0.15) is 25.2 Å². The molecular weight excluding hydrogens is 400 g/mol. The van der Waals surface area contributed by atoms with Gasteiger partial charge in [-0.15, -0.1) is 0 Å². The van der Waals surface area contributed by atoms with Crippen molar-refractivity contribution in [2.45, 2.75) is 31.9 Å². The number of aromatic nitrogens is 2. The second-order valence-electron chi connectivity index (χ2n) is 6.80. The van der Waals surface area contributed by atoms with Crippen LogP contribution in [0.4, 0.5) is 0 Å². The van der Waals surface area contributed by atoms with E-state index >= 15 is 0 Å². The normalized spacial score (nSPS) is 21.1. The lowest BCUT2D eigenvalue weighted by molar-refractivity contribution is -0.138. The predicted molar refractivity (Wildman–Crippen MR) is 100 cm³/mol. The van der Waals surface area contributed by atoms with Crippen molar-refractivity contribution in [1.82, 2.24) is 15.1 Å². The van der Waals surface area contributed by atoms with E-state index in [1.54, 1.807) is 0 Å². The highest BCUT2D eigenvalue weighted by Crippen LogP contribution is 2.22. The smallest absolute Gasteiger partial charge is 0.355 e. The molecule has 0 radical (unpaired) electrons. The van der Waals surface area contributed by atoms with E-state index in [1.165, 1.54) is 0 Å². The minimum absolute atomic E-state index is 0.0116. The highest BCUT2D eigenvalue weighted by atomic mass is 32.2. The molecule has 10 nitrogen and oxygen atoms in total. The molecule has 0 saturated carbocycles. The van der Waals surface area contributed by atoms with Crippen molar-refractivity contribution in [3.63, 3.8) is 0 Å². The maximum Gasteiger partial charge on any atom is 0.355 e. The number of hydrazone groups is 1. The fourth-order valence-electron chi connectivity index (χ4n) is 3.20. The largest absolute Gasteiger partial charge is 0.451 e. The third-order valence-electron chi connectivity index (χ3n) is 4.68. The first-order valence-corrected chi connectivity index (χ1v) is 10.9. The van der Waals surface area contributed by atoms with Crippen LogP contribution in [0.5, 0.6) is 0 Å². The summed E-state index contributed by atoms with van der Waals surface area (Å²) in [7, 11) is -3.18. The maximum atomic E-state index is 12.3. The van der Waals surface area contributed by atoms with Gasteiger partial charge in [0.2, 0.25) is 11.7 Å². The van der Waals surface area contributed by atoms with E-state index in [0.29, 0.717) is 12.2 Å². The van der Waals surface area contributed by atoms with Gasteiger partial charge in [0.1, 0.15) is 5.71 Å². The molecule has 0 spiro atoms. The lowest BCUT2D eigenvalue weighted by atomic mass is 10.1. The van der Waals surface area contributed by atoms with Crippen molar-refractivity contribution in [3.8, 4) is 11.4 Å². The molecule has 1 atom stereocenters. The third kappa shape index (κ3) is 4.34. The van der Waals surface area contributed by atoms with Crippen molar-refractivity contribution >= 4 is 27.4 Å². The average molecular weight is 418 g/mol. The van der Waals surface area contributed by atoms with Crippen LogP contribution in [-0.2, 0) is 30.8 Å².